The van der Waals surface area contributed by atoms with Crippen molar-refractivity contribution < 1.29 is 9.59 Å². The summed E-state index contributed by atoms with van der Waals surface area (Å²) in [6.45, 7) is 3.10. The van der Waals surface area contributed by atoms with E-state index < -0.39 is 0 Å². The fraction of sp³-hybridized carbons (Fsp3) is 0.467. The molecule has 2 atom stereocenters. The minimum atomic E-state index is -0.0804. The van der Waals surface area contributed by atoms with Crippen LogP contribution in [0.5, 0.6) is 0 Å². The van der Waals surface area contributed by atoms with Crippen molar-refractivity contribution in [2.45, 2.75) is 36.7 Å². The number of hydrogen-bond donors (Lipinski definition) is 3. The molecule has 3 rings (SSSR count). The van der Waals surface area contributed by atoms with Crippen molar-refractivity contribution in [3.63, 3.8) is 0 Å². The molecular weight excluding hydrogens is 322 g/mol. The number of thioether (sulfide) groups is 1. The average Bonchev–Trinajstić information content (AvgIpc) is 2.48. The van der Waals surface area contributed by atoms with Gasteiger partial charge in [0.25, 0.3) is 5.91 Å². The molecule has 1 aromatic rings. The minimum absolute atomic E-state index is 0. The predicted molar refractivity (Wildman–Crippen MR) is 91.0 cm³/mol. The van der Waals surface area contributed by atoms with Crippen molar-refractivity contribution in [3.8, 4) is 0 Å². The molecule has 2 amide bonds. The van der Waals surface area contributed by atoms with Crippen molar-refractivity contribution in [2.75, 3.05) is 17.6 Å². The van der Waals surface area contributed by atoms with Crippen LogP contribution in [0, 0.1) is 0 Å². The molecule has 0 aliphatic carbocycles. The topological polar surface area (TPSA) is 70.2 Å². The van der Waals surface area contributed by atoms with E-state index in [1.54, 1.807) is 6.07 Å². The molecule has 2 aliphatic rings. The van der Waals surface area contributed by atoms with Crippen molar-refractivity contribution in [1.82, 2.24) is 10.6 Å². The van der Waals surface area contributed by atoms with E-state index >= 15 is 0 Å². The van der Waals surface area contributed by atoms with Crippen LogP contribution in [0.1, 0.15) is 30.1 Å². The van der Waals surface area contributed by atoms with Gasteiger partial charge in [0.05, 0.1) is 11.4 Å². The second kappa shape index (κ2) is 7.35. The first-order valence-corrected chi connectivity index (χ1v) is 8.23. The molecule has 0 saturated carbocycles. The zero-order valence-electron chi connectivity index (χ0n) is 12.3. The van der Waals surface area contributed by atoms with Gasteiger partial charge in [-0.2, -0.15) is 0 Å². The highest BCUT2D eigenvalue weighted by atomic mass is 35.5. The van der Waals surface area contributed by atoms with Crippen LogP contribution in [0.2, 0.25) is 0 Å². The lowest BCUT2D eigenvalue weighted by Crippen LogP contribution is -2.51. The van der Waals surface area contributed by atoms with Crippen LogP contribution in [-0.2, 0) is 4.79 Å². The Kier molecular flexibility index (Phi) is 5.72. The number of piperidine rings is 1. The highest BCUT2D eigenvalue weighted by molar-refractivity contribution is 8.00. The largest absolute Gasteiger partial charge is 0.348 e. The van der Waals surface area contributed by atoms with Gasteiger partial charge in [0.1, 0.15) is 0 Å². The average molecular weight is 342 g/mol. The van der Waals surface area contributed by atoms with Crippen molar-refractivity contribution in [2.24, 2.45) is 0 Å². The molecule has 0 radical (unpaired) electrons. The third-order valence-electron chi connectivity index (χ3n) is 3.95. The quantitative estimate of drug-likeness (QED) is 0.769. The van der Waals surface area contributed by atoms with Gasteiger partial charge in [0, 0.05) is 22.5 Å². The number of rotatable bonds is 2. The molecule has 1 fully saturated rings. The van der Waals surface area contributed by atoms with E-state index in [1.165, 1.54) is 11.8 Å². The second-order valence-electron chi connectivity index (χ2n) is 5.51. The van der Waals surface area contributed by atoms with E-state index in [1.807, 2.05) is 12.1 Å². The second-order valence-corrected chi connectivity index (χ2v) is 6.53. The van der Waals surface area contributed by atoms with Crippen LogP contribution in [0.15, 0.2) is 23.1 Å². The minimum Gasteiger partial charge on any atom is -0.348 e. The number of carbonyl (C=O) groups excluding carboxylic acids is 2. The van der Waals surface area contributed by atoms with Crippen LogP contribution in [-0.4, -0.2) is 36.2 Å². The maximum Gasteiger partial charge on any atom is 0.251 e. The molecule has 1 saturated heterocycles. The van der Waals surface area contributed by atoms with E-state index in [0.717, 1.165) is 30.0 Å². The van der Waals surface area contributed by atoms with Crippen molar-refractivity contribution in [1.29, 1.82) is 0 Å². The van der Waals surface area contributed by atoms with Gasteiger partial charge in [-0.15, -0.1) is 24.2 Å². The van der Waals surface area contributed by atoms with Crippen molar-refractivity contribution in [3.05, 3.63) is 23.8 Å². The lowest BCUT2D eigenvalue weighted by atomic mass is 9.99. The Balaban J connectivity index is 0.00000176. The third-order valence-corrected chi connectivity index (χ3v) is 5.03. The summed E-state index contributed by atoms with van der Waals surface area (Å²) in [7, 11) is 0. The summed E-state index contributed by atoms with van der Waals surface area (Å²) in [5, 5.41) is 9.27. The maximum atomic E-state index is 12.4. The van der Waals surface area contributed by atoms with Crippen LogP contribution < -0.4 is 16.0 Å². The van der Waals surface area contributed by atoms with Crippen LogP contribution in [0.4, 0.5) is 5.69 Å². The summed E-state index contributed by atoms with van der Waals surface area (Å²) < 4.78 is 0. The molecule has 1 aromatic carbocycles. The SMILES string of the molecule is CC1NCCCC1NC(=O)c1ccc2c(c1)NC(=O)CS2.Cl. The molecule has 2 unspecified atom stereocenters. The van der Waals surface area contributed by atoms with E-state index in [0.29, 0.717) is 11.3 Å². The molecule has 5 nitrogen and oxygen atoms in total. The molecule has 0 bridgehead atoms. The van der Waals surface area contributed by atoms with E-state index in [9.17, 15) is 9.59 Å². The zero-order chi connectivity index (χ0) is 14.8. The van der Waals surface area contributed by atoms with Gasteiger partial charge < -0.3 is 16.0 Å². The number of carbonyl (C=O) groups is 2. The molecular formula is C15H20ClN3O2S. The Bertz CT molecular complexity index is 582. The molecule has 2 aliphatic heterocycles. The molecule has 2 heterocycles. The first-order chi connectivity index (χ1) is 10.1. The zero-order valence-corrected chi connectivity index (χ0v) is 14.0. The molecule has 7 heteroatoms. The van der Waals surface area contributed by atoms with Gasteiger partial charge >= 0.3 is 0 Å². The van der Waals surface area contributed by atoms with Crippen molar-refractivity contribution >= 4 is 41.7 Å². The fourth-order valence-electron chi connectivity index (χ4n) is 2.72. The third kappa shape index (κ3) is 3.74. The Labute approximate surface area is 140 Å². The normalized spacial score (nSPS) is 23.8. The lowest BCUT2D eigenvalue weighted by molar-refractivity contribution is -0.113. The number of nitrogens with one attached hydrogen (secondary N) is 3. The smallest absolute Gasteiger partial charge is 0.251 e. The van der Waals surface area contributed by atoms with Crippen LogP contribution in [0.3, 0.4) is 0 Å². The van der Waals surface area contributed by atoms with Gasteiger partial charge in [0.15, 0.2) is 0 Å². The summed E-state index contributed by atoms with van der Waals surface area (Å²) in [6, 6.07) is 5.92. The summed E-state index contributed by atoms with van der Waals surface area (Å²) >= 11 is 1.50. The van der Waals surface area contributed by atoms with E-state index in [4.69, 9.17) is 0 Å². The van der Waals surface area contributed by atoms with E-state index in [2.05, 4.69) is 22.9 Å². The lowest BCUT2D eigenvalue weighted by Gasteiger charge is -2.30. The highest BCUT2D eigenvalue weighted by Gasteiger charge is 2.23. The maximum absolute atomic E-state index is 12.4. The summed E-state index contributed by atoms with van der Waals surface area (Å²) in [5.74, 6) is 0.336. The van der Waals surface area contributed by atoms with Gasteiger partial charge in [-0.25, -0.2) is 0 Å². The molecule has 22 heavy (non-hydrogen) atoms. The predicted octanol–water partition coefficient (Wildman–Crippen LogP) is 2.02. The number of amides is 2. The number of anilines is 1. The molecule has 0 spiro atoms. The number of hydrogen-bond acceptors (Lipinski definition) is 4. The first-order valence-electron chi connectivity index (χ1n) is 7.24. The summed E-state index contributed by atoms with van der Waals surface area (Å²) in [6.07, 6.45) is 2.07. The summed E-state index contributed by atoms with van der Waals surface area (Å²) in [5.41, 5.74) is 1.33. The van der Waals surface area contributed by atoms with Crippen LogP contribution in [0.25, 0.3) is 0 Å². The Morgan fingerprint density at radius 2 is 2.23 bits per heavy atom. The van der Waals surface area contributed by atoms with E-state index in [-0.39, 0.29) is 36.3 Å². The number of fused-ring (bicyclic) bond motifs is 1. The van der Waals surface area contributed by atoms with Gasteiger partial charge in [0.2, 0.25) is 5.91 Å². The molecule has 3 N–H and O–H groups in total. The monoisotopic (exact) mass is 341 g/mol. The number of benzene rings is 1. The fourth-order valence-corrected chi connectivity index (χ4v) is 3.51. The van der Waals surface area contributed by atoms with Gasteiger partial charge in [-0.1, -0.05) is 0 Å². The Morgan fingerprint density at radius 3 is 3.00 bits per heavy atom. The molecule has 120 valence electrons. The van der Waals surface area contributed by atoms with Crippen LogP contribution >= 0.6 is 24.2 Å². The van der Waals surface area contributed by atoms with Gasteiger partial charge in [-0.3, -0.25) is 9.59 Å². The Morgan fingerprint density at radius 1 is 1.41 bits per heavy atom. The Hall–Kier alpha value is -1.24. The molecule has 0 aromatic heterocycles. The number of halogens is 1. The highest BCUT2D eigenvalue weighted by Crippen LogP contribution is 2.32. The first kappa shape index (κ1) is 17.1. The standard InChI is InChI=1S/C15H19N3O2S.ClH/c1-9-11(3-2-6-16-9)18-15(20)10-4-5-13-12(7-10)17-14(19)8-21-13;/h4-5,7,9,11,16H,2-3,6,8H2,1H3,(H,17,19)(H,18,20);1H. The summed E-state index contributed by atoms with van der Waals surface area (Å²) in [4.78, 5) is 24.8. The van der Waals surface area contributed by atoms with Gasteiger partial charge in [-0.05, 0) is 44.5 Å².